The quantitative estimate of drug-likeness (QED) is 0.0854. The Hall–Kier alpha value is -3.22. The molecule has 0 N–H and O–H groups in total. The fraction of sp³-hybridized carbons (Fsp3) is 0.438. The second kappa shape index (κ2) is 13.0. The van der Waals surface area contributed by atoms with Crippen LogP contribution in [0, 0.1) is 0 Å². The molecule has 0 atom stereocenters. The highest BCUT2D eigenvalue weighted by Gasteiger charge is 2.15. The molecular weight excluding hydrogens is 472 g/mol. The van der Waals surface area contributed by atoms with E-state index in [9.17, 15) is 0 Å². The number of ether oxygens (including phenoxy) is 2. The van der Waals surface area contributed by atoms with E-state index in [0.29, 0.717) is 13.2 Å². The van der Waals surface area contributed by atoms with Crippen LogP contribution in [-0.4, -0.2) is 33.1 Å². The second-order valence-electron chi connectivity index (χ2n) is 10.1. The van der Waals surface area contributed by atoms with Crippen LogP contribution in [0.5, 0.6) is 0 Å². The van der Waals surface area contributed by atoms with Gasteiger partial charge in [-0.1, -0.05) is 52.4 Å². The topological polar surface area (TPSA) is 70.0 Å². The summed E-state index contributed by atoms with van der Waals surface area (Å²) in [6, 6.07) is 12.3. The van der Waals surface area contributed by atoms with Crippen molar-refractivity contribution in [2.24, 2.45) is 0 Å². The Labute approximate surface area is 224 Å². The smallest absolute Gasteiger partial charge is 0.0996 e. The van der Waals surface area contributed by atoms with Crippen LogP contribution in [0.3, 0.4) is 0 Å². The molecule has 5 aromatic rings. The predicted octanol–water partition coefficient (Wildman–Crippen LogP) is 8.07. The van der Waals surface area contributed by atoms with Crippen molar-refractivity contribution in [2.45, 2.75) is 78.4 Å². The van der Waals surface area contributed by atoms with E-state index in [0.717, 1.165) is 81.1 Å². The van der Waals surface area contributed by atoms with E-state index in [2.05, 4.69) is 48.1 Å². The lowest BCUT2D eigenvalue weighted by atomic mass is 10.0. The Morgan fingerprint density at radius 2 is 1.05 bits per heavy atom. The lowest BCUT2D eigenvalue weighted by Crippen LogP contribution is -2.04. The van der Waals surface area contributed by atoms with Gasteiger partial charge in [0.05, 0.1) is 46.3 Å². The summed E-state index contributed by atoms with van der Waals surface area (Å²) in [5.41, 5.74) is 7.39. The van der Waals surface area contributed by atoms with Crippen molar-refractivity contribution in [3.8, 4) is 0 Å². The second-order valence-corrected chi connectivity index (χ2v) is 10.1. The zero-order valence-electron chi connectivity index (χ0n) is 22.7. The van der Waals surface area contributed by atoms with Crippen LogP contribution in [0.25, 0.3) is 43.9 Å². The highest BCUT2D eigenvalue weighted by atomic mass is 16.5. The Bertz CT molecular complexity index is 1400. The standard InChI is InChI=1S/C32H38N4O2/c1-3-5-7-9-17-37-21-23-19-27-28(20-24(23)22-38-18-10-8-6-4-2)36-32-26-14-12-16-34-30(26)29-25(31(32)35-27)13-11-15-33-29/h11-16,19-20H,3-10,17-18,21-22H2,1-2H3. The Kier molecular flexibility index (Phi) is 9.05. The van der Waals surface area contributed by atoms with Crippen LogP contribution in [0.15, 0.2) is 48.8 Å². The zero-order chi connectivity index (χ0) is 26.2. The minimum atomic E-state index is 0.556. The molecule has 0 spiro atoms. The van der Waals surface area contributed by atoms with Crippen LogP contribution < -0.4 is 0 Å². The molecule has 0 radical (unpaired) electrons. The molecule has 0 unspecified atom stereocenters. The Balaban J connectivity index is 1.52. The van der Waals surface area contributed by atoms with Gasteiger partial charge in [-0.05, 0) is 60.4 Å². The van der Waals surface area contributed by atoms with Gasteiger partial charge in [-0.2, -0.15) is 0 Å². The molecule has 0 amide bonds. The van der Waals surface area contributed by atoms with Gasteiger partial charge in [0.1, 0.15) is 0 Å². The predicted molar refractivity (Wildman–Crippen MR) is 155 cm³/mol. The van der Waals surface area contributed by atoms with Crippen molar-refractivity contribution in [3.05, 3.63) is 59.9 Å². The van der Waals surface area contributed by atoms with Crippen molar-refractivity contribution in [2.75, 3.05) is 13.2 Å². The lowest BCUT2D eigenvalue weighted by Gasteiger charge is -2.14. The SMILES string of the molecule is CCCCCCOCc1cc2nc3c4cccnc4c4ncccc4c3nc2cc1COCCCCCC. The van der Waals surface area contributed by atoms with E-state index in [4.69, 9.17) is 19.4 Å². The molecule has 0 saturated heterocycles. The summed E-state index contributed by atoms with van der Waals surface area (Å²) >= 11 is 0. The third-order valence-electron chi connectivity index (χ3n) is 7.14. The monoisotopic (exact) mass is 510 g/mol. The number of unbranched alkanes of at least 4 members (excludes halogenated alkanes) is 6. The number of nitrogens with zero attached hydrogens (tertiary/aromatic N) is 4. The molecule has 6 nitrogen and oxygen atoms in total. The fourth-order valence-electron chi connectivity index (χ4n) is 5.03. The maximum Gasteiger partial charge on any atom is 0.0996 e. The first kappa shape index (κ1) is 26.4. The molecule has 0 aliphatic carbocycles. The first-order chi connectivity index (χ1) is 18.8. The van der Waals surface area contributed by atoms with Gasteiger partial charge in [0.15, 0.2) is 0 Å². The fourth-order valence-corrected chi connectivity index (χ4v) is 5.03. The average Bonchev–Trinajstić information content (AvgIpc) is 2.96. The minimum absolute atomic E-state index is 0.556. The van der Waals surface area contributed by atoms with E-state index in [1.807, 2.05) is 12.1 Å². The summed E-state index contributed by atoms with van der Waals surface area (Å²) in [6.45, 7) is 7.12. The number of pyridine rings is 2. The first-order valence-electron chi connectivity index (χ1n) is 14.2. The summed E-state index contributed by atoms with van der Waals surface area (Å²) in [7, 11) is 0. The highest BCUT2D eigenvalue weighted by Crippen LogP contribution is 2.32. The van der Waals surface area contributed by atoms with Crippen LogP contribution in [0.2, 0.25) is 0 Å². The molecule has 0 aliphatic heterocycles. The maximum atomic E-state index is 6.11. The van der Waals surface area contributed by atoms with Crippen molar-refractivity contribution in [1.82, 2.24) is 19.9 Å². The summed E-state index contributed by atoms with van der Waals surface area (Å²) < 4.78 is 12.2. The molecule has 5 rings (SSSR count). The molecular formula is C32H38N4O2. The molecule has 0 bridgehead atoms. The first-order valence-corrected chi connectivity index (χ1v) is 14.2. The van der Waals surface area contributed by atoms with Gasteiger partial charge in [0.25, 0.3) is 0 Å². The molecule has 3 heterocycles. The van der Waals surface area contributed by atoms with Gasteiger partial charge in [-0.15, -0.1) is 0 Å². The number of rotatable bonds is 14. The van der Waals surface area contributed by atoms with Crippen molar-refractivity contribution in [1.29, 1.82) is 0 Å². The largest absolute Gasteiger partial charge is 0.377 e. The third-order valence-corrected chi connectivity index (χ3v) is 7.14. The van der Waals surface area contributed by atoms with Crippen LogP contribution >= 0.6 is 0 Å². The Morgan fingerprint density at radius 1 is 0.579 bits per heavy atom. The maximum absolute atomic E-state index is 6.11. The van der Waals surface area contributed by atoms with E-state index in [1.165, 1.54) is 38.5 Å². The van der Waals surface area contributed by atoms with E-state index in [-0.39, 0.29) is 0 Å². The summed E-state index contributed by atoms with van der Waals surface area (Å²) in [5.74, 6) is 0. The number of hydrogen-bond acceptors (Lipinski definition) is 6. The summed E-state index contributed by atoms with van der Waals surface area (Å²) in [4.78, 5) is 19.5. The lowest BCUT2D eigenvalue weighted by molar-refractivity contribution is 0.103. The van der Waals surface area contributed by atoms with Crippen LogP contribution in [0.1, 0.15) is 76.3 Å². The van der Waals surface area contributed by atoms with Crippen LogP contribution in [0.4, 0.5) is 0 Å². The van der Waals surface area contributed by atoms with Crippen molar-refractivity contribution < 1.29 is 9.47 Å². The van der Waals surface area contributed by atoms with Gasteiger partial charge >= 0.3 is 0 Å². The minimum Gasteiger partial charge on any atom is -0.377 e. The van der Waals surface area contributed by atoms with E-state index in [1.54, 1.807) is 12.4 Å². The molecule has 0 saturated carbocycles. The third kappa shape index (κ3) is 5.92. The van der Waals surface area contributed by atoms with Gasteiger partial charge in [-0.3, -0.25) is 9.97 Å². The summed E-state index contributed by atoms with van der Waals surface area (Å²) in [6.07, 6.45) is 13.2. The van der Waals surface area contributed by atoms with E-state index < -0.39 is 0 Å². The van der Waals surface area contributed by atoms with Gasteiger partial charge in [-0.25, -0.2) is 9.97 Å². The highest BCUT2D eigenvalue weighted by molar-refractivity contribution is 6.21. The molecule has 3 aromatic heterocycles. The van der Waals surface area contributed by atoms with Crippen LogP contribution in [-0.2, 0) is 22.7 Å². The molecule has 0 aliphatic rings. The van der Waals surface area contributed by atoms with Gasteiger partial charge in [0.2, 0.25) is 0 Å². The molecule has 0 fully saturated rings. The number of hydrogen-bond donors (Lipinski definition) is 0. The number of fused-ring (bicyclic) bond motifs is 7. The normalized spacial score (nSPS) is 11.8. The Morgan fingerprint density at radius 3 is 1.50 bits per heavy atom. The van der Waals surface area contributed by atoms with Crippen molar-refractivity contribution >= 4 is 43.9 Å². The number of aromatic nitrogens is 4. The number of benzene rings is 2. The van der Waals surface area contributed by atoms with Gasteiger partial charge < -0.3 is 9.47 Å². The molecule has 198 valence electrons. The van der Waals surface area contributed by atoms with E-state index >= 15 is 0 Å². The average molecular weight is 511 g/mol. The van der Waals surface area contributed by atoms with Crippen molar-refractivity contribution in [3.63, 3.8) is 0 Å². The molecule has 38 heavy (non-hydrogen) atoms. The van der Waals surface area contributed by atoms with Gasteiger partial charge in [0, 0.05) is 36.4 Å². The zero-order valence-corrected chi connectivity index (χ0v) is 22.7. The summed E-state index contributed by atoms with van der Waals surface area (Å²) in [5, 5.41) is 1.94. The molecule has 6 heteroatoms. The molecule has 2 aromatic carbocycles.